The Hall–Kier alpha value is -2.74. The zero-order chi connectivity index (χ0) is 26.1. The molecule has 4 heterocycles. The second kappa shape index (κ2) is 10.9. The Labute approximate surface area is 219 Å². The van der Waals surface area contributed by atoms with E-state index in [0.29, 0.717) is 38.1 Å². The molecule has 2 aliphatic heterocycles. The van der Waals surface area contributed by atoms with Gasteiger partial charge in [-0.1, -0.05) is 19.9 Å². The van der Waals surface area contributed by atoms with Gasteiger partial charge in [-0.3, -0.25) is 14.7 Å². The summed E-state index contributed by atoms with van der Waals surface area (Å²) in [6.07, 6.45) is 1.95. The molecule has 7 heteroatoms. The number of pyridine rings is 1. The number of amides is 1. The van der Waals surface area contributed by atoms with Crippen LogP contribution < -0.4 is 0 Å². The van der Waals surface area contributed by atoms with Crippen molar-refractivity contribution in [1.82, 2.24) is 19.8 Å². The lowest BCUT2D eigenvalue weighted by atomic mass is 9.87. The van der Waals surface area contributed by atoms with Gasteiger partial charge in [-0.15, -0.1) is 0 Å². The molecule has 1 amide bonds. The van der Waals surface area contributed by atoms with E-state index in [1.807, 2.05) is 4.90 Å². The lowest BCUT2D eigenvalue weighted by Crippen LogP contribution is -2.52. The topological polar surface area (TPSA) is 81.7 Å². The fourth-order valence-electron chi connectivity index (χ4n) is 6.09. The standard InChI is InChI=1S/C30H40N4O3/c1-19(2)29-26-15-23(5-6-27(26)32-30(29)24-13-20(3)31-21(4)14-24)22-7-9-33(10-8-22)28(36)16-34-11-12-37-18-25(34)17-35/h5-6,13-15,19,22,25,32,35H,7-12,16-18H2,1-4H3. The van der Waals surface area contributed by atoms with Crippen molar-refractivity contribution in [2.45, 2.75) is 58.4 Å². The number of H-pyrrole nitrogens is 1. The molecule has 1 unspecified atom stereocenters. The summed E-state index contributed by atoms with van der Waals surface area (Å²) < 4.78 is 5.45. The molecular formula is C30H40N4O3. The molecule has 37 heavy (non-hydrogen) atoms. The average Bonchev–Trinajstić information content (AvgIpc) is 3.28. The van der Waals surface area contributed by atoms with Crippen molar-refractivity contribution >= 4 is 16.8 Å². The highest BCUT2D eigenvalue weighted by atomic mass is 16.5. The van der Waals surface area contributed by atoms with Crippen molar-refractivity contribution < 1.29 is 14.6 Å². The molecular weight excluding hydrogens is 464 g/mol. The van der Waals surface area contributed by atoms with Crippen molar-refractivity contribution in [3.05, 3.63) is 52.8 Å². The number of hydrogen-bond acceptors (Lipinski definition) is 5. The number of hydrogen-bond donors (Lipinski definition) is 2. The summed E-state index contributed by atoms with van der Waals surface area (Å²) in [5, 5.41) is 10.9. The first-order chi connectivity index (χ1) is 17.8. The molecule has 2 N–H and O–H groups in total. The van der Waals surface area contributed by atoms with E-state index in [1.54, 1.807) is 0 Å². The number of piperidine rings is 1. The maximum absolute atomic E-state index is 13.0. The molecule has 1 aromatic carbocycles. The van der Waals surface area contributed by atoms with Crippen LogP contribution in [0.25, 0.3) is 22.2 Å². The maximum Gasteiger partial charge on any atom is 0.236 e. The Morgan fingerprint density at radius 2 is 1.86 bits per heavy atom. The number of likely N-dealkylation sites (tertiary alicyclic amines) is 1. The number of rotatable bonds is 6. The van der Waals surface area contributed by atoms with E-state index in [4.69, 9.17) is 4.74 Å². The number of nitrogens with one attached hydrogen (secondary N) is 1. The third-order valence-corrected chi connectivity index (χ3v) is 8.03. The Balaban J connectivity index is 1.32. The van der Waals surface area contributed by atoms with Gasteiger partial charge in [0.25, 0.3) is 0 Å². The molecule has 0 aliphatic carbocycles. The number of aromatic nitrogens is 2. The van der Waals surface area contributed by atoms with Gasteiger partial charge in [-0.2, -0.15) is 0 Å². The molecule has 0 radical (unpaired) electrons. The van der Waals surface area contributed by atoms with Crippen molar-refractivity contribution in [3.63, 3.8) is 0 Å². The smallest absolute Gasteiger partial charge is 0.236 e. The second-order valence-corrected chi connectivity index (χ2v) is 11.0. The van der Waals surface area contributed by atoms with Crippen molar-refractivity contribution in [2.75, 3.05) is 46.0 Å². The number of fused-ring (bicyclic) bond motifs is 1. The molecule has 2 aromatic heterocycles. The zero-order valence-corrected chi connectivity index (χ0v) is 22.6. The maximum atomic E-state index is 13.0. The molecule has 3 aromatic rings. The normalized spacial score (nSPS) is 19.7. The number of ether oxygens (including phenoxy) is 1. The van der Waals surface area contributed by atoms with Crippen LogP contribution in [-0.2, 0) is 9.53 Å². The predicted molar refractivity (Wildman–Crippen MR) is 147 cm³/mol. The fourth-order valence-corrected chi connectivity index (χ4v) is 6.09. The minimum absolute atomic E-state index is 0.0252. The highest BCUT2D eigenvalue weighted by Crippen LogP contribution is 2.38. The Morgan fingerprint density at radius 1 is 1.14 bits per heavy atom. The SMILES string of the molecule is Cc1cc(-c2[nH]c3ccc(C4CCN(C(=O)CN5CCOCC5CO)CC4)cc3c2C(C)C)cc(C)n1. The van der Waals surface area contributed by atoms with Gasteiger partial charge < -0.3 is 19.7 Å². The highest BCUT2D eigenvalue weighted by molar-refractivity contribution is 5.92. The highest BCUT2D eigenvalue weighted by Gasteiger charge is 2.29. The first-order valence-electron chi connectivity index (χ1n) is 13.7. The van der Waals surface area contributed by atoms with Crippen molar-refractivity contribution in [3.8, 4) is 11.3 Å². The summed E-state index contributed by atoms with van der Waals surface area (Å²) in [6, 6.07) is 11.1. The van der Waals surface area contributed by atoms with Gasteiger partial charge in [0.05, 0.1) is 38.1 Å². The number of carbonyl (C=O) groups excluding carboxylic acids is 1. The van der Waals surface area contributed by atoms with E-state index in [9.17, 15) is 9.90 Å². The van der Waals surface area contributed by atoms with Crippen LogP contribution in [0.1, 0.15) is 61.0 Å². The van der Waals surface area contributed by atoms with E-state index in [2.05, 4.69) is 72.9 Å². The van der Waals surface area contributed by atoms with Crippen LogP contribution in [0.3, 0.4) is 0 Å². The van der Waals surface area contributed by atoms with Gasteiger partial charge in [-0.05, 0) is 73.9 Å². The predicted octanol–water partition coefficient (Wildman–Crippen LogP) is 4.37. The Bertz CT molecular complexity index is 1240. The summed E-state index contributed by atoms with van der Waals surface area (Å²) in [5.74, 6) is 0.996. The number of morpholine rings is 1. The Kier molecular flexibility index (Phi) is 7.65. The summed E-state index contributed by atoms with van der Waals surface area (Å²) in [5.41, 5.74) is 8.35. The zero-order valence-electron chi connectivity index (χ0n) is 22.6. The van der Waals surface area contributed by atoms with Gasteiger partial charge in [0.15, 0.2) is 0 Å². The van der Waals surface area contributed by atoms with Gasteiger partial charge >= 0.3 is 0 Å². The monoisotopic (exact) mass is 504 g/mol. The lowest BCUT2D eigenvalue weighted by Gasteiger charge is -2.37. The molecule has 2 saturated heterocycles. The molecule has 2 fully saturated rings. The minimum atomic E-state index is -0.0802. The molecule has 5 rings (SSSR count). The summed E-state index contributed by atoms with van der Waals surface area (Å²) in [4.78, 5) is 25.3. The number of aromatic amines is 1. The van der Waals surface area contributed by atoms with E-state index < -0.39 is 0 Å². The van der Waals surface area contributed by atoms with Crippen molar-refractivity contribution in [1.29, 1.82) is 0 Å². The van der Waals surface area contributed by atoms with Gasteiger partial charge in [0.1, 0.15) is 0 Å². The molecule has 0 bridgehead atoms. The Morgan fingerprint density at radius 3 is 2.54 bits per heavy atom. The molecule has 1 atom stereocenters. The number of benzene rings is 1. The first kappa shape index (κ1) is 25.9. The van der Waals surface area contributed by atoms with E-state index in [1.165, 1.54) is 33.3 Å². The van der Waals surface area contributed by atoms with Crippen LogP contribution in [0.15, 0.2) is 30.3 Å². The molecule has 0 spiro atoms. The third kappa shape index (κ3) is 5.44. The first-order valence-corrected chi connectivity index (χ1v) is 13.7. The number of aryl methyl sites for hydroxylation is 2. The van der Waals surface area contributed by atoms with Crippen LogP contribution in [0, 0.1) is 13.8 Å². The quantitative estimate of drug-likeness (QED) is 0.521. The van der Waals surface area contributed by atoms with Gasteiger partial charge in [-0.25, -0.2) is 0 Å². The van der Waals surface area contributed by atoms with E-state index >= 15 is 0 Å². The number of aliphatic hydroxyl groups is 1. The molecule has 2 aliphatic rings. The molecule has 7 nitrogen and oxygen atoms in total. The molecule has 198 valence electrons. The lowest BCUT2D eigenvalue weighted by molar-refractivity contribution is -0.136. The van der Waals surface area contributed by atoms with Crippen LogP contribution in [0.4, 0.5) is 0 Å². The van der Waals surface area contributed by atoms with Crippen molar-refractivity contribution in [2.24, 2.45) is 0 Å². The van der Waals surface area contributed by atoms with Gasteiger partial charge in [0, 0.05) is 47.5 Å². The fraction of sp³-hybridized carbons (Fsp3) is 0.533. The summed E-state index contributed by atoms with van der Waals surface area (Å²) in [6.45, 7) is 12.4. The number of carbonyl (C=O) groups is 1. The van der Waals surface area contributed by atoms with Gasteiger partial charge in [0.2, 0.25) is 5.91 Å². The largest absolute Gasteiger partial charge is 0.395 e. The average molecular weight is 505 g/mol. The van der Waals surface area contributed by atoms with E-state index in [0.717, 1.165) is 37.3 Å². The molecule has 0 saturated carbocycles. The summed E-state index contributed by atoms with van der Waals surface area (Å²) in [7, 11) is 0. The number of aliphatic hydroxyl groups excluding tert-OH is 1. The van der Waals surface area contributed by atoms with Crippen LogP contribution in [0.2, 0.25) is 0 Å². The minimum Gasteiger partial charge on any atom is -0.395 e. The third-order valence-electron chi connectivity index (χ3n) is 8.03. The second-order valence-electron chi connectivity index (χ2n) is 11.0. The number of nitrogens with zero attached hydrogens (tertiary/aromatic N) is 3. The van der Waals surface area contributed by atoms with Crippen LogP contribution in [-0.4, -0.2) is 82.8 Å². The van der Waals surface area contributed by atoms with E-state index in [-0.39, 0.29) is 18.6 Å². The van der Waals surface area contributed by atoms with Crippen LogP contribution in [0.5, 0.6) is 0 Å². The summed E-state index contributed by atoms with van der Waals surface area (Å²) >= 11 is 0. The van der Waals surface area contributed by atoms with Crippen LogP contribution >= 0.6 is 0 Å².